The molecule has 4 nitrogen and oxygen atoms in total. The fourth-order valence-corrected chi connectivity index (χ4v) is 2.05. The van der Waals surface area contributed by atoms with Crippen molar-refractivity contribution < 1.29 is 5.11 Å². The van der Waals surface area contributed by atoms with Crippen LogP contribution in [0.4, 0.5) is 0 Å². The second-order valence-electron chi connectivity index (χ2n) is 4.57. The first kappa shape index (κ1) is 13.6. The van der Waals surface area contributed by atoms with Gasteiger partial charge in [0.25, 0.3) is 0 Å². The van der Waals surface area contributed by atoms with Crippen LogP contribution in [0.2, 0.25) is 0 Å². The maximum atomic E-state index is 9.23. The Labute approximate surface area is 114 Å². The van der Waals surface area contributed by atoms with Crippen molar-refractivity contribution in [3.63, 3.8) is 0 Å². The van der Waals surface area contributed by atoms with Crippen molar-refractivity contribution in [2.75, 3.05) is 0 Å². The third-order valence-corrected chi connectivity index (χ3v) is 3.15. The molecule has 1 aromatic heterocycles. The van der Waals surface area contributed by atoms with Crippen LogP contribution in [0.5, 0.6) is 5.75 Å². The molecule has 0 aliphatic carbocycles. The number of rotatable bonds is 6. The SMILES string of the molecule is CCc1cc(CNCc2ccc(O)cc2)n(CC)n1. The molecule has 0 aliphatic rings. The number of aromatic nitrogens is 2. The summed E-state index contributed by atoms with van der Waals surface area (Å²) >= 11 is 0. The zero-order valence-electron chi connectivity index (χ0n) is 11.6. The molecule has 0 saturated heterocycles. The third-order valence-electron chi connectivity index (χ3n) is 3.15. The quantitative estimate of drug-likeness (QED) is 0.838. The van der Waals surface area contributed by atoms with E-state index in [4.69, 9.17) is 0 Å². The second-order valence-corrected chi connectivity index (χ2v) is 4.57. The average Bonchev–Trinajstić information content (AvgIpc) is 2.83. The molecule has 0 fully saturated rings. The molecule has 4 heteroatoms. The van der Waals surface area contributed by atoms with Crippen LogP contribution >= 0.6 is 0 Å². The Morgan fingerprint density at radius 3 is 2.53 bits per heavy atom. The van der Waals surface area contributed by atoms with E-state index < -0.39 is 0 Å². The van der Waals surface area contributed by atoms with Crippen molar-refractivity contribution in [3.05, 3.63) is 47.3 Å². The molecule has 1 aromatic carbocycles. The normalized spacial score (nSPS) is 10.8. The summed E-state index contributed by atoms with van der Waals surface area (Å²) in [6.45, 7) is 6.72. The van der Waals surface area contributed by atoms with Crippen molar-refractivity contribution >= 4 is 0 Å². The van der Waals surface area contributed by atoms with E-state index in [1.165, 1.54) is 5.69 Å². The number of nitrogens with one attached hydrogen (secondary N) is 1. The van der Waals surface area contributed by atoms with Crippen LogP contribution in [0, 0.1) is 0 Å². The van der Waals surface area contributed by atoms with Gasteiger partial charge in [0.1, 0.15) is 5.75 Å². The average molecular weight is 259 g/mol. The first-order valence-corrected chi connectivity index (χ1v) is 6.77. The van der Waals surface area contributed by atoms with Crippen LogP contribution < -0.4 is 5.32 Å². The minimum atomic E-state index is 0.306. The highest BCUT2D eigenvalue weighted by Gasteiger charge is 2.04. The van der Waals surface area contributed by atoms with Crippen LogP contribution in [-0.4, -0.2) is 14.9 Å². The zero-order valence-corrected chi connectivity index (χ0v) is 11.6. The number of aryl methyl sites for hydroxylation is 2. The molecule has 0 aliphatic heterocycles. The minimum Gasteiger partial charge on any atom is -0.508 e. The molecule has 0 amide bonds. The van der Waals surface area contributed by atoms with Gasteiger partial charge in [-0.3, -0.25) is 4.68 Å². The van der Waals surface area contributed by atoms with Gasteiger partial charge >= 0.3 is 0 Å². The van der Waals surface area contributed by atoms with Crippen molar-refractivity contribution in [2.24, 2.45) is 0 Å². The number of hydrogen-bond acceptors (Lipinski definition) is 3. The van der Waals surface area contributed by atoms with Crippen molar-refractivity contribution in [3.8, 4) is 5.75 Å². The van der Waals surface area contributed by atoms with E-state index in [0.717, 1.165) is 37.3 Å². The number of aromatic hydroxyl groups is 1. The molecule has 19 heavy (non-hydrogen) atoms. The smallest absolute Gasteiger partial charge is 0.115 e. The lowest BCUT2D eigenvalue weighted by Gasteiger charge is -2.07. The molecule has 102 valence electrons. The summed E-state index contributed by atoms with van der Waals surface area (Å²) in [7, 11) is 0. The van der Waals surface area contributed by atoms with Gasteiger partial charge in [-0.05, 0) is 37.1 Å². The van der Waals surface area contributed by atoms with E-state index in [1.54, 1.807) is 12.1 Å². The molecule has 0 saturated carbocycles. The number of benzene rings is 1. The molecule has 0 unspecified atom stereocenters. The summed E-state index contributed by atoms with van der Waals surface area (Å²) in [5.41, 5.74) is 3.53. The number of hydrogen-bond donors (Lipinski definition) is 2. The van der Waals surface area contributed by atoms with Crippen LogP contribution in [0.1, 0.15) is 30.8 Å². The number of phenolic OH excluding ortho intramolecular Hbond substituents is 1. The molecule has 0 spiro atoms. The maximum absolute atomic E-state index is 9.23. The van der Waals surface area contributed by atoms with E-state index >= 15 is 0 Å². The predicted octanol–water partition coefficient (Wildman–Crippen LogP) is 2.46. The number of nitrogens with zero attached hydrogens (tertiary/aromatic N) is 2. The molecule has 1 heterocycles. The number of phenols is 1. The second kappa shape index (κ2) is 6.38. The van der Waals surface area contributed by atoms with E-state index in [2.05, 4.69) is 30.3 Å². The van der Waals surface area contributed by atoms with Crippen LogP contribution in [0.3, 0.4) is 0 Å². The summed E-state index contributed by atoms with van der Waals surface area (Å²) in [6.07, 6.45) is 0.970. The van der Waals surface area contributed by atoms with Gasteiger partial charge in [0.05, 0.1) is 11.4 Å². The Kier molecular flexibility index (Phi) is 4.58. The van der Waals surface area contributed by atoms with E-state index in [1.807, 2.05) is 16.8 Å². The van der Waals surface area contributed by atoms with Crippen molar-refractivity contribution in [1.82, 2.24) is 15.1 Å². The van der Waals surface area contributed by atoms with Gasteiger partial charge in [0, 0.05) is 19.6 Å². The van der Waals surface area contributed by atoms with Gasteiger partial charge in [-0.25, -0.2) is 0 Å². The summed E-state index contributed by atoms with van der Waals surface area (Å²) in [5.74, 6) is 0.306. The summed E-state index contributed by atoms with van der Waals surface area (Å²) < 4.78 is 2.04. The first-order valence-electron chi connectivity index (χ1n) is 6.77. The molecular formula is C15H21N3O. The lowest BCUT2D eigenvalue weighted by atomic mass is 10.2. The van der Waals surface area contributed by atoms with E-state index in [9.17, 15) is 5.11 Å². The van der Waals surface area contributed by atoms with Gasteiger partial charge in [0.15, 0.2) is 0 Å². The van der Waals surface area contributed by atoms with Crippen LogP contribution in [-0.2, 0) is 26.1 Å². The molecule has 0 atom stereocenters. The Bertz CT molecular complexity index is 517. The van der Waals surface area contributed by atoms with E-state index in [-0.39, 0.29) is 0 Å². The fraction of sp³-hybridized carbons (Fsp3) is 0.400. The largest absolute Gasteiger partial charge is 0.508 e. The summed E-state index contributed by atoms with van der Waals surface area (Å²) in [6, 6.07) is 9.44. The Balaban J connectivity index is 1.91. The van der Waals surface area contributed by atoms with Gasteiger partial charge in [0.2, 0.25) is 0 Å². The maximum Gasteiger partial charge on any atom is 0.115 e. The summed E-state index contributed by atoms with van der Waals surface area (Å²) in [5, 5.41) is 17.2. The van der Waals surface area contributed by atoms with Crippen LogP contribution in [0.15, 0.2) is 30.3 Å². The van der Waals surface area contributed by atoms with Crippen molar-refractivity contribution in [2.45, 2.75) is 39.9 Å². The highest BCUT2D eigenvalue weighted by atomic mass is 16.3. The Morgan fingerprint density at radius 1 is 1.16 bits per heavy atom. The molecule has 0 bridgehead atoms. The standard InChI is InChI=1S/C15H21N3O/c1-3-13-9-14(18(4-2)17-13)11-16-10-12-5-7-15(19)8-6-12/h5-9,16,19H,3-4,10-11H2,1-2H3. The van der Waals surface area contributed by atoms with Crippen LogP contribution in [0.25, 0.3) is 0 Å². The van der Waals surface area contributed by atoms with Crippen molar-refractivity contribution in [1.29, 1.82) is 0 Å². The topological polar surface area (TPSA) is 50.1 Å². The third kappa shape index (κ3) is 3.58. The molecular weight excluding hydrogens is 238 g/mol. The van der Waals surface area contributed by atoms with Gasteiger partial charge in [-0.1, -0.05) is 19.1 Å². The van der Waals surface area contributed by atoms with Gasteiger partial charge < -0.3 is 10.4 Å². The Hall–Kier alpha value is -1.81. The zero-order chi connectivity index (χ0) is 13.7. The monoisotopic (exact) mass is 259 g/mol. The van der Waals surface area contributed by atoms with Gasteiger partial charge in [-0.2, -0.15) is 5.10 Å². The first-order chi connectivity index (χ1) is 9.22. The summed E-state index contributed by atoms with van der Waals surface area (Å²) in [4.78, 5) is 0. The lowest BCUT2D eigenvalue weighted by Crippen LogP contribution is -2.16. The highest BCUT2D eigenvalue weighted by Crippen LogP contribution is 2.10. The molecule has 2 aromatic rings. The van der Waals surface area contributed by atoms with E-state index in [0.29, 0.717) is 5.75 Å². The fourth-order valence-electron chi connectivity index (χ4n) is 2.05. The van der Waals surface area contributed by atoms with Gasteiger partial charge in [-0.15, -0.1) is 0 Å². The predicted molar refractivity (Wildman–Crippen MR) is 75.9 cm³/mol. The molecule has 2 rings (SSSR count). The highest BCUT2D eigenvalue weighted by molar-refractivity contribution is 5.25. The lowest BCUT2D eigenvalue weighted by molar-refractivity contribution is 0.475. The minimum absolute atomic E-state index is 0.306. The Morgan fingerprint density at radius 2 is 1.89 bits per heavy atom. The molecule has 0 radical (unpaired) electrons. The molecule has 2 N–H and O–H groups in total.